The van der Waals surface area contributed by atoms with Crippen LogP contribution in [0.1, 0.15) is 5.56 Å². The van der Waals surface area contributed by atoms with E-state index in [2.05, 4.69) is 4.98 Å². The van der Waals surface area contributed by atoms with Crippen LogP contribution in [0.25, 0.3) is 22.6 Å². The van der Waals surface area contributed by atoms with Gasteiger partial charge in [-0.25, -0.2) is 13.4 Å². The Balaban J connectivity index is 2.14. The normalized spacial score (nSPS) is 11.9. The van der Waals surface area contributed by atoms with Crippen molar-refractivity contribution in [3.05, 3.63) is 42.0 Å². The standard InChI is InChI=1S/C15H13NO4S/c1-9-7-10(3-5-13(9)17)15-16-12-8-11(21(2,18)19)4-6-14(12)20-15/h3-8,17H,1-2H3. The molecule has 5 nitrogen and oxygen atoms in total. The second kappa shape index (κ2) is 4.60. The third-order valence-corrected chi connectivity index (χ3v) is 4.34. The van der Waals surface area contributed by atoms with Gasteiger partial charge in [-0.05, 0) is 48.9 Å². The highest BCUT2D eigenvalue weighted by Gasteiger charge is 2.13. The van der Waals surface area contributed by atoms with E-state index in [1.165, 1.54) is 12.1 Å². The van der Waals surface area contributed by atoms with Crippen molar-refractivity contribution in [2.24, 2.45) is 0 Å². The summed E-state index contributed by atoms with van der Waals surface area (Å²) in [6.45, 7) is 1.78. The van der Waals surface area contributed by atoms with Crippen molar-refractivity contribution >= 4 is 20.9 Å². The van der Waals surface area contributed by atoms with Gasteiger partial charge in [0.1, 0.15) is 11.3 Å². The SMILES string of the molecule is Cc1cc(-c2nc3cc(S(C)(=O)=O)ccc3o2)ccc1O. The molecule has 0 amide bonds. The molecule has 3 rings (SSSR count). The Morgan fingerprint density at radius 1 is 1.14 bits per heavy atom. The van der Waals surface area contributed by atoms with Gasteiger partial charge in [-0.3, -0.25) is 0 Å². The van der Waals surface area contributed by atoms with E-state index < -0.39 is 9.84 Å². The van der Waals surface area contributed by atoms with Gasteiger partial charge >= 0.3 is 0 Å². The second-order valence-electron chi connectivity index (χ2n) is 4.92. The Hall–Kier alpha value is -2.34. The van der Waals surface area contributed by atoms with Crippen molar-refractivity contribution in [3.63, 3.8) is 0 Å². The van der Waals surface area contributed by atoms with E-state index in [1.54, 1.807) is 31.2 Å². The van der Waals surface area contributed by atoms with Crippen LogP contribution in [0.15, 0.2) is 45.7 Å². The molecule has 0 atom stereocenters. The van der Waals surface area contributed by atoms with Gasteiger partial charge in [0.2, 0.25) is 5.89 Å². The molecule has 1 heterocycles. The fraction of sp³-hybridized carbons (Fsp3) is 0.133. The summed E-state index contributed by atoms with van der Waals surface area (Å²) >= 11 is 0. The number of aromatic hydroxyl groups is 1. The van der Waals surface area contributed by atoms with Crippen LogP contribution in [0.5, 0.6) is 5.75 Å². The Labute approximate surface area is 121 Å². The molecule has 108 valence electrons. The van der Waals surface area contributed by atoms with Crippen LogP contribution >= 0.6 is 0 Å². The van der Waals surface area contributed by atoms with Crippen molar-refractivity contribution in [1.82, 2.24) is 4.98 Å². The molecular weight excluding hydrogens is 290 g/mol. The van der Waals surface area contributed by atoms with Gasteiger partial charge in [0.25, 0.3) is 0 Å². The number of sulfone groups is 1. The van der Waals surface area contributed by atoms with E-state index in [0.29, 0.717) is 22.6 Å². The lowest BCUT2D eigenvalue weighted by atomic mass is 10.1. The summed E-state index contributed by atoms with van der Waals surface area (Å²) in [7, 11) is -3.28. The van der Waals surface area contributed by atoms with Crippen molar-refractivity contribution in [2.75, 3.05) is 6.26 Å². The number of phenolic OH excluding ortho intramolecular Hbond substituents is 1. The lowest BCUT2D eigenvalue weighted by Crippen LogP contribution is -1.95. The van der Waals surface area contributed by atoms with Crippen LogP contribution < -0.4 is 0 Å². The first kappa shape index (κ1) is 13.6. The first-order valence-corrected chi connectivity index (χ1v) is 8.14. The third kappa shape index (κ3) is 2.50. The fourth-order valence-electron chi connectivity index (χ4n) is 2.05. The first-order chi connectivity index (χ1) is 9.84. The zero-order chi connectivity index (χ0) is 15.2. The molecule has 3 aromatic rings. The van der Waals surface area contributed by atoms with Crippen LogP contribution in [-0.4, -0.2) is 24.8 Å². The van der Waals surface area contributed by atoms with Crippen LogP contribution in [0.3, 0.4) is 0 Å². The minimum Gasteiger partial charge on any atom is -0.508 e. The molecule has 0 bridgehead atoms. The maximum atomic E-state index is 11.5. The molecule has 0 unspecified atom stereocenters. The molecule has 0 fully saturated rings. The molecule has 0 saturated heterocycles. The molecule has 6 heteroatoms. The molecule has 0 aliphatic heterocycles. The van der Waals surface area contributed by atoms with Gasteiger partial charge in [0, 0.05) is 11.8 Å². The second-order valence-corrected chi connectivity index (χ2v) is 6.94. The highest BCUT2D eigenvalue weighted by Crippen LogP contribution is 2.28. The summed E-state index contributed by atoms with van der Waals surface area (Å²) in [5.74, 6) is 0.591. The molecule has 0 saturated carbocycles. The molecular formula is C15H13NO4S. The molecule has 1 aromatic heterocycles. The van der Waals surface area contributed by atoms with E-state index in [0.717, 1.165) is 11.8 Å². The summed E-state index contributed by atoms with van der Waals surface area (Å²) < 4.78 is 28.7. The Bertz CT molecular complexity index is 941. The highest BCUT2D eigenvalue weighted by molar-refractivity contribution is 7.90. The number of aromatic nitrogens is 1. The monoisotopic (exact) mass is 303 g/mol. The zero-order valence-corrected chi connectivity index (χ0v) is 12.3. The maximum Gasteiger partial charge on any atom is 0.227 e. The smallest absolute Gasteiger partial charge is 0.227 e. The molecule has 0 aliphatic carbocycles. The number of rotatable bonds is 2. The summed E-state index contributed by atoms with van der Waals surface area (Å²) in [6.07, 6.45) is 1.15. The van der Waals surface area contributed by atoms with E-state index in [-0.39, 0.29) is 10.6 Å². The number of hydrogen-bond donors (Lipinski definition) is 1. The van der Waals surface area contributed by atoms with Gasteiger partial charge < -0.3 is 9.52 Å². The van der Waals surface area contributed by atoms with Gasteiger partial charge in [0.15, 0.2) is 15.4 Å². The van der Waals surface area contributed by atoms with Gasteiger partial charge in [0.05, 0.1) is 4.90 Å². The maximum absolute atomic E-state index is 11.5. The van der Waals surface area contributed by atoms with Gasteiger partial charge in [-0.15, -0.1) is 0 Å². The quantitative estimate of drug-likeness (QED) is 0.787. The van der Waals surface area contributed by atoms with Crippen molar-refractivity contribution in [2.45, 2.75) is 11.8 Å². The van der Waals surface area contributed by atoms with E-state index in [9.17, 15) is 13.5 Å². The Morgan fingerprint density at radius 2 is 1.90 bits per heavy atom. The molecule has 0 radical (unpaired) electrons. The minimum atomic E-state index is -3.28. The average molecular weight is 303 g/mol. The zero-order valence-electron chi connectivity index (χ0n) is 11.5. The summed E-state index contributed by atoms with van der Waals surface area (Å²) in [6, 6.07) is 9.61. The lowest BCUT2D eigenvalue weighted by molar-refractivity contribution is 0.471. The summed E-state index contributed by atoms with van der Waals surface area (Å²) in [5.41, 5.74) is 2.44. The predicted molar refractivity (Wildman–Crippen MR) is 79.0 cm³/mol. The van der Waals surface area contributed by atoms with Crippen molar-refractivity contribution < 1.29 is 17.9 Å². The van der Waals surface area contributed by atoms with Crippen LogP contribution in [0.4, 0.5) is 0 Å². The van der Waals surface area contributed by atoms with Gasteiger partial charge in [-0.2, -0.15) is 0 Å². The molecule has 2 aromatic carbocycles. The van der Waals surface area contributed by atoms with E-state index in [4.69, 9.17) is 4.42 Å². The van der Waals surface area contributed by atoms with E-state index in [1.807, 2.05) is 0 Å². The minimum absolute atomic E-state index is 0.203. The number of phenols is 1. The third-order valence-electron chi connectivity index (χ3n) is 3.23. The summed E-state index contributed by atoms with van der Waals surface area (Å²) in [4.78, 5) is 4.52. The predicted octanol–water partition coefficient (Wildman–Crippen LogP) is 2.91. The average Bonchev–Trinajstić information content (AvgIpc) is 2.83. The van der Waals surface area contributed by atoms with Crippen LogP contribution in [-0.2, 0) is 9.84 Å². The topological polar surface area (TPSA) is 80.4 Å². The van der Waals surface area contributed by atoms with Gasteiger partial charge in [-0.1, -0.05) is 0 Å². The Morgan fingerprint density at radius 3 is 2.57 bits per heavy atom. The van der Waals surface area contributed by atoms with Crippen molar-refractivity contribution in [1.29, 1.82) is 0 Å². The number of nitrogens with zero attached hydrogens (tertiary/aromatic N) is 1. The van der Waals surface area contributed by atoms with Crippen LogP contribution in [0, 0.1) is 6.92 Å². The molecule has 1 N–H and O–H groups in total. The van der Waals surface area contributed by atoms with Crippen LogP contribution in [0.2, 0.25) is 0 Å². The largest absolute Gasteiger partial charge is 0.508 e. The number of aryl methyl sites for hydroxylation is 1. The summed E-state index contributed by atoms with van der Waals surface area (Å²) in [5, 5.41) is 9.54. The highest BCUT2D eigenvalue weighted by atomic mass is 32.2. The molecule has 0 spiro atoms. The number of fused-ring (bicyclic) bond motifs is 1. The molecule has 0 aliphatic rings. The lowest BCUT2D eigenvalue weighted by Gasteiger charge is -1.99. The van der Waals surface area contributed by atoms with E-state index >= 15 is 0 Å². The molecule has 21 heavy (non-hydrogen) atoms. The number of hydrogen-bond acceptors (Lipinski definition) is 5. The Kier molecular flexibility index (Phi) is 2.98. The fourth-order valence-corrected chi connectivity index (χ4v) is 2.69. The number of benzene rings is 2. The first-order valence-electron chi connectivity index (χ1n) is 6.25. The number of oxazole rings is 1. The van der Waals surface area contributed by atoms with Crippen molar-refractivity contribution in [3.8, 4) is 17.2 Å².